The van der Waals surface area contributed by atoms with Crippen molar-refractivity contribution in [2.24, 2.45) is 0 Å². The largest absolute Gasteiger partial charge is 0.490 e. The van der Waals surface area contributed by atoms with E-state index < -0.39 is 9.85 Å². The van der Waals surface area contributed by atoms with Crippen LogP contribution in [0.4, 0.5) is 11.4 Å². The number of nitro benzene ring substituents is 2. The first-order valence-corrected chi connectivity index (χ1v) is 5.05. The van der Waals surface area contributed by atoms with Gasteiger partial charge in [-0.05, 0) is 18.8 Å². The molecular weight excluding hydrogens is 228 g/mol. The van der Waals surface area contributed by atoms with Crippen LogP contribution in [0.5, 0.6) is 5.75 Å². The molecule has 0 N–H and O–H groups in total. The van der Waals surface area contributed by atoms with Gasteiger partial charge in [0, 0.05) is 11.6 Å². The van der Waals surface area contributed by atoms with Gasteiger partial charge in [0.2, 0.25) is 5.75 Å². The van der Waals surface area contributed by atoms with Gasteiger partial charge in [0.05, 0.1) is 23.0 Å². The number of hydrogen-bond donors (Lipinski definition) is 0. The second-order valence-electron chi connectivity index (χ2n) is 3.87. The van der Waals surface area contributed by atoms with Crippen LogP contribution in [0, 0.1) is 20.2 Å². The van der Waals surface area contributed by atoms with Gasteiger partial charge in [-0.1, -0.05) is 0 Å². The van der Waals surface area contributed by atoms with E-state index in [0.717, 1.165) is 18.9 Å². The van der Waals surface area contributed by atoms with Crippen molar-refractivity contribution in [2.75, 3.05) is 7.11 Å². The number of methoxy groups -OCH3 is 1. The molecule has 90 valence electrons. The van der Waals surface area contributed by atoms with Crippen LogP contribution >= 0.6 is 0 Å². The van der Waals surface area contributed by atoms with E-state index in [-0.39, 0.29) is 23.0 Å². The smallest absolute Gasteiger partial charge is 0.311 e. The minimum absolute atomic E-state index is 0.0695. The highest BCUT2D eigenvalue weighted by molar-refractivity contribution is 5.59. The first-order valence-electron chi connectivity index (χ1n) is 5.05. The van der Waals surface area contributed by atoms with Crippen LogP contribution in [-0.4, -0.2) is 17.0 Å². The molecule has 1 aliphatic carbocycles. The van der Waals surface area contributed by atoms with Crippen molar-refractivity contribution in [2.45, 2.75) is 18.8 Å². The second-order valence-corrected chi connectivity index (χ2v) is 3.87. The van der Waals surface area contributed by atoms with Gasteiger partial charge in [-0.2, -0.15) is 0 Å². The maximum atomic E-state index is 10.9. The van der Waals surface area contributed by atoms with Crippen LogP contribution in [0.25, 0.3) is 0 Å². The zero-order valence-electron chi connectivity index (χ0n) is 9.08. The zero-order valence-corrected chi connectivity index (χ0v) is 9.08. The van der Waals surface area contributed by atoms with Crippen LogP contribution < -0.4 is 4.74 Å². The summed E-state index contributed by atoms with van der Waals surface area (Å²) < 4.78 is 4.81. The first-order chi connectivity index (χ1) is 8.04. The lowest BCUT2D eigenvalue weighted by Gasteiger charge is -2.05. The Hall–Kier alpha value is -2.18. The van der Waals surface area contributed by atoms with Gasteiger partial charge in [-0.3, -0.25) is 20.2 Å². The van der Waals surface area contributed by atoms with E-state index >= 15 is 0 Å². The van der Waals surface area contributed by atoms with E-state index in [1.54, 1.807) is 0 Å². The summed E-state index contributed by atoms with van der Waals surface area (Å²) in [4.78, 5) is 20.6. The Labute approximate surface area is 96.3 Å². The molecule has 0 amide bonds. The van der Waals surface area contributed by atoms with E-state index in [9.17, 15) is 20.2 Å². The topological polar surface area (TPSA) is 95.5 Å². The molecule has 7 nitrogen and oxygen atoms in total. The molecule has 0 saturated heterocycles. The van der Waals surface area contributed by atoms with Crippen molar-refractivity contribution in [1.29, 1.82) is 0 Å². The average Bonchev–Trinajstić information content (AvgIpc) is 3.10. The third-order valence-corrected chi connectivity index (χ3v) is 2.74. The summed E-state index contributed by atoms with van der Waals surface area (Å²) in [6, 6.07) is 2.39. The third kappa shape index (κ3) is 2.03. The molecule has 0 radical (unpaired) electrons. The molecule has 0 spiro atoms. The Kier molecular flexibility index (Phi) is 2.66. The summed E-state index contributed by atoms with van der Waals surface area (Å²) in [5, 5.41) is 21.7. The van der Waals surface area contributed by atoms with E-state index in [4.69, 9.17) is 4.74 Å². The quantitative estimate of drug-likeness (QED) is 0.592. The summed E-state index contributed by atoms with van der Waals surface area (Å²) in [6.45, 7) is 0. The SMILES string of the molecule is COc1cc([N+](=O)[O-])c(C2CC2)cc1[N+](=O)[O-]. The molecule has 1 fully saturated rings. The van der Waals surface area contributed by atoms with Crippen LogP contribution in [0.1, 0.15) is 24.3 Å². The highest BCUT2D eigenvalue weighted by Crippen LogP contribution is 2.47. The molecular formula is C10H10N2O5. The molecule has 7 heteroatoms. The summed E-state index contributed by atoms with van der Waals surface area (Å²) in [6.07, 6.45) is 1.68. The normalized spacial score (nSPS) is 14.4. The number of nitro groups is 2. The van der Waals surface area contributed by atoms with Gasteiger partial charge in [-0.25, -0.2) is 0 Å². The standard InChI is InChI=1S/C10H10N2O5/c1-17-10-5-8(11(13)14)7(6-2-3-6)4-9(10)12(15)16/h4-6H,2-3H2,1H3. The summed E-state index contributed by atoms with van der Waals surface area (Å²) in [7, 11) is 1.25. The van der Waals surface area contributed by atoms with Gasteiger partial charge < -0.3 is 4.74 Å². The lowest BCUT2D eigenvalue weighted by molar-refractivity contribution is -0.390. The fraction of sp³-hybridized carbons (Fsp3) is 0.400. The number of hydrogen-bond acceptors (Lipinski definition) is 5. The number of benzene rings is 1. The molecule has 17 heavy (non-hydrogen) atoms. The molecule has 2 rings (SSSR count). The maximum Gasteiger partial charge on any atom is 0.311 e. The predicted molar refractivity (Wildman–Crippen MR) is 58.3 cm³/mol. The van der Waals surface area contributed by atoms with Gasteiger partial charge in [0.15, 0.2) is 0 Å². The highest BCUT2D eigenvalue weighted by Gasteiger charge is 2.34. The highest BCUT2D eigenvalue weighted by atomic mass is 16.6. The minimum atomic E-state index is -0.589. The Morgan fingerprint density at radius 1 is 1.18 bits per heavy atom. The molecule has 0 aliphatic heterocycles. The average molecular weight is 238 g/mol. The summed E-state index contributed by atoms with van der Waals surface area (Å²) in [5.41, 5.74) is 0.109. The van der Waals surface area contributed by atoms with Crippen LogP contribution in [0.3, 0.4) is 0 Å². The Morgan fingerprint density at radius 3 is 2.18 bits per heavy atom. The van der Waals surface area contributed by atoms with Gasteiger partial charge in [0.25, 0.3) is 5.69 Å². The molecule has 1 aromatic rings. The van der Waals surface area contributed by atoms with E-state index in [1.807, 2.05) is 0 Å². The number of rotatable bonds is 4. The van der Waals surface area contributed by atoms with Crippen molar-refractivity contribution in [3.05, 3.63) is 37.9 Å². The predicted octanol–water partition coefficient (Wildman–Crippen LogP) is 2.39. The van der Waals surface area contributed by atoms with Crippen molar-refractivity contribution >= 4 is 11.4 Å². The molecule has 0 aromatic heterocycles. The van der Waals surface area contributed by atoms with Crippen molar-refractivity contribution in [3.63, 3.8) is 0 Å². The molecule has 0 unspecified atom stereocenters. The lowest BCUT2D eigenvalue weighted by Crippen LogP contribution is -2.00. The first kappa shape index (κ1) is 11.3. The summed E-state index contributed by atoms with van der Waals surface area (Å²) >= 11 is 0. The van der Waals surface area contributed by atoms with Crippen LogP contribution in [0.15, 0.2) is 12.1 Å². The van der Waals surface area contributed by atoms with Crippen LogP contribution in [0.2, 0.25) is 0 Å². The molecule has 0 bridgehead atoms. The Morgan fingerprint density at radius 2 is 1.76 bits per heavy atom. The fourth-order valence-corrected chi connectivity index (χ4v) is 1.76. The second kappa shape index (κ2) is 4.00. The third-order valence-electron chi connectivity index (χ3n) is 2.74. The van der Waals surface area contributed by atoms with E-state index in [2.05, 4.69) is 0 Å². The molecule has 1 aromatic carbocycles. The molecule has 1 aliphatic rings. The summed E-state index contributed by atoms with van der Waals surface area (Å²) in [5.74, 6) is -0.00824. The Bertz CT molecular complexity index is 496. The number of ether oxygens (including phenoxy) is 1. The number of nitrogens with zero attached hydrogens (tertiary/aromatic N) is 2. The monoisotopic (exact) mass is 238 g/mol. The fourth-order valence-electron chi connectivity index (χ4n) is 1.76. The van der Waals surface area contributed by atoms with Gasteiger partial charge in [0.1, 0.15) is 0 Å². The minimum Gasteiger partial charge on any atom is -0.490 e. The van der Waals surface area contributed by atoms with Crippen molar-refractivity contribution < 1.29 is 14.6 Å². The Balaban J connectivity index is 2.60. The zero-order chi connectivity index (χ0) is 12.6. The molecule has 0 atom stereocenters. The maximum absolute atomic E-state index is 10.9. The van der Waals surface area contributed by atoms with E-state index in [0.29, 0.717) is 5.56 Å². The van der Waals surface area contributed by atoms with Crippen LogP contribution in [-0.2, 0) is 0 Å². The van der Waals surface area contributed by atoms with E-state index in [1.165, 1.54) is 13.2 Å². The van der Waals surface area contributed by atoms with Crippen molar-refractivity contribution in [1.82, 2.24) is 0 Å². The molecule has 1 saturated carbocycles. The molecule has 0 heterocycles. The van der Waals surface area contributed by atoms with Gasteiger partial charge >= 0.3 is 5.69 Å². The van der Waals surface area contributed by atoms with Crippen molar-refractivity contribution in [3.8, 4) is 5.75 Å². The van der Waals surface area contributed by atoms with Gasteiger partial charge in [-0.15, -0.1) is 0 Å². The lowest BCUT2D eigenvalue weighted by atomic mass is 10.1.